The van der Waals surface area contributed by atoms with E-state index in [1.54, 1.807) is 0 Å². The number of nitriles is 1. The fourth-order valence-electron chi connectivity index (χ4n) is 3.78. The number of halogens is 2. The summed E-state index contributed by atoms with van der Waals surface area (Å²) < 4.78 is 13.5. The number of nitrogens with one attached hydrogen (secondary N) is 2. The van der Waals surface area contributed by atoms with Gasteiger partial charge in [0.2, 0.25) is 11.8 Å². The molecule has 1 aliphatic heterocycles. The Hall–Kier alpha value is -2.17. The Balaban J connectivity index is 1.44. The Labute approximate surface area is 175 Å². The first-order valence-electron chi connectivity index (χ1n) is 9.81. The number of hydrogen-bond donors (Lipinski definition) is 2. The monoisotopic (exact) mass is 420 g/mol. The minimum Gasteiger partial charge on any atom is -0.353 e. The molecule has 2 N–H and O–H groups in total. The quantitative estimate of drug-likeness (QED) is 0.709. The number of carbonyl (C=O) groups excluding carboxylic acids is 2. The molecule has 0 unspecified atom stereocenters. The van der Waals surface area contributed by atoms with Crippen molar-refractivity contribution >= 4 is 23.4 Å². The van der Waals surface area contributed by atoms with Crippen LogP contribution >= 0.6 is 11.6 Å². The summed E-state index contributed by atoms with van der Waals surface area (Å²) in [6, 6.07) is 9.01. The van der Waals surface area contributed by atoms with Gasteiger partial charge in [-0.3, -0.25) is 9.59 Å². The van der Waals surface area contributed by atoms with E-state index < -0.39 is 17.8 Å². The lowest BCUT2D eigenvalue weighted by Crippen LogP contribution is -2.49. The zero-order valence-electron chi connectivity index (χ0n) is 16.6. The molecule has 156 valence electrons. The maximum atomic E-state index is 13.5. The van der Waals surface area contributed by atoms with Crippen LogP contribution in [0, 0.1) is 11.3 Å². The van der Waals surface area contributed by atoms with Crippen molar-refractivity contribution in [1.82, 2.24) is 15.5 Å². The number of amides is 2. The van der Waals surface area contributed by atoms with Gasteiger partial charge in [0.15, 0.2) is 0 Å². The van der Waals surface area contributed by atoms with Crippen LogP contribution in [0.2, 0.25) is 5.02 Å². The van der Waals surface area contributed by atoms with Gasteiger partial charge in [0, 0.05) is 35.4 Å². The highest BCUT2D eigenvalue weighted by atomic mass is 35.5. The minimum absolute atomic E-state index is 0.0419. The van der Waals surface area contributed by atoms with Crippen molar-refractivity contribution in [1.29, 1.82) is 5.26 Å². The number of alkyl halides is 1. The van der Waals surface area contributed by atoms with Gasteiger partial charge >= 0.3 is 0 Å². The molecule has 4 atom stereocenters. The lowest BCUT2D eigenvalue weighted by molar-refractivity contribution is -0.131. The van der Waals surface area contributed by atoms with Crippen LogP contribution in [-0.2, 0) is 9.59 Å². The van der Waals surface area contributed by atoms with Gasteiger partial charge in [-0.2, -0.15) is 5.26 Å². The Morgan fingerprint density at radius 2 is 2.14 bits per heavy atom. The third-order valence-corrected chi connectivity index (χ3v) is 5.69. The number of benzene rings is 1. The first-order chi connectivity index (χ1) is 13.7. The molecule has 1 aromatic carbocycles. The minimum atomic E-state index is -1.16. The molecular formula is C21H26ClFN4O2. The summed E-state index contributed by atoms with van der Waals surface area (Å²) in [5, 5.41) is 15.9. The lowest BCUT2D eigenvalue weighted by atomic mass is 10.00. The molecule has 1 saturated heterocycles. The van der Waals surface area contributed by atoms with Gasteiger partial charge in [-0.05, 0) is 38.0 Å². The normalized spacial score (nSPS) is 26.1. The van der Waals surface area contributed by atoms with Crippen molar-refractivity contribution in [2.75, 3.05) is 13.1 Å². The SMILES string of the molecule is CC(C)(CC(=O)N[C@H]1C[C@@H]1c1cccc(Cl)c1)NCC(=O)N1C[C@@H](F)C[C@H]1C#N. The molecule has 2 amide bonds. The fourth-order valence-corrected chi connectivity index (χ4v) is 3.98. The summed E-state index contributed by atoms with van der Waals surface area (Å²) in [5.74, 6) is -0.139. The van der Waals surface area contributed by atoms with E-state index in [2.05, 4.69) is 10.6 Å². The van der Waals surface area contributed by atoms with Gasteiger partial charge in [-0.25, -0.2) is 4.39 Å². The molecule has 0 spiro atoms. The third kappa shape index (κ3) is 5.68. The molecule has 2 aliphatic rings. The molecule has 1 heterocycles. The van der Waals surface area contributed by atoms with Crippen LogP contribution in [-0.4, -0.2) is 53.6 Å². The molecule has 2 fully saturated rings. The topological polar surface area (TPSA) is 85.2 Å². The molecule has 1 aromatic rings. The molecule has 0 bridgehead atoms. The van der Waals surface area contributed by atoms with Crippen LogP contribution < -0.4 is 10.6 Å². The van der Waals surface area contributed by atoms with Crippen LogP contribution in [0.25, 0.3) is 0 Å². The number of likely N-dealkylation sites (tertiary alicyclic amines) is 1. The van der Waals surface area contributed by atoms with Crippen molar-refractivity contribution in [2.24, 2.45) is 0 Å². The summed E-state index contributed by atoms with van der Waals surface area (Å²) in [5.41, 5.74) is 0.506. The third-order valence-electron chi connectivity index (χ3n) is 5.45. The molecule has 1 saturated carbocycles. The predicted octanol–water partition coefficient (Wildman–Crippen LogP) is 2.53. The van der Waals surface area contributed by atoms with E-state index in [1.165, 1.54) is 4.90 Å². The molecular weight excluding hydrogens is 395 g/mol. The van der Waals surface area contributed by atoms with Crippen LogP contribution in [0.5, 0.6) is 0 Å². The van der Waals surface area contributed by atoms with E-state index in [4.69, 9.17) is 16.9 Å². The second kappa shape index (κ2) is 8.68. The van der Waals surface area contributed by atoms with Crippen LogP contribution in [0.1, 0.15) is 44.6 Å². The fraction of sp³-hybridized carbons (Fsp3) is 0.571. The van der Waals surface area contributed by atoms with Crippen LogP contribution in [0.3, 0.4) is 0 Å². The Morgan fingerprint density at radius 3 is 2.83 bits per heavy atom. The first kappa shape index (κ1) is 21.5. The average Bonchev–Trinajstić information content (AvgIpc) is 3.30. The van der Waals surface area contributed by atoms with E-state index >= 15 is 0 Å². The molecule has 1 aliphatic carbocycles. The number of hydrogen-bond acceptors (Lipinski definition) is 4. The maximum Gasteiger partial charge on any atom is 0.237 e. The molecule has 0 aromatic heterocycles. The first-order valence-corrected chi connectivity index (χ1v) is 10.2. The van der Waals surface area contributed by atoms with Crippen molar-refractivity contribution in [3.63, 3.8) is 0 Å². The van der Waals surface area contributed by atoms with Crippen LogP contribution in [0.4, 0.5) is 4.39 Å². The standard InChI is InChI=1S/C21H26ClFN4O2/c1-21(2,25-11-20(29)27-12-15(23)7-16(27)10-24)9-19(28)26-18-8-17(18)13-4-3-5-14(22)6-13/h3-6,15-18,25H,7-9,11-12H2,1-2H3,(H,26,28)/t15-,16-,17+,18-/m0/s1. The smallest absolute Gasteiger partial charge is 0.237 e. The summed E-state index contributed by atoms with van der Waals surface area (Å²) in [6.45, 7) is 3.59. The second-order valence-corrected chi connectivity index (χ2v) is 8.95. The van der Waals surface area contributed by atoms with E-state index in [9.17, 15) is 14.0 Å². The Bertz CT molecular complexity index is 825. The van der Waals surface area contributed by atoms with Gasteiger partial charge in [-0.15, -0.1) is 0 Å². The van der Waals surface area contributed by atoms with Crippen molar-refractivity contribution in [2.45, 2.75) is 62.8 Å². The summed E-state index contributed by atoms with van der Waals surface area (Å²) in [6.07, 6.45) is -0.0170. The molecule has 3 rings (SSSR count). The second-order valence-electron chi connectivity index (χ2n) is 8.51. The van der Waals surface area contributed by atoms with Gasteiger partial charge in [-0.1, -0.05) is 23.7 Å². The molecule has 29 heavy (non-hydrogen) atoms. The Morgan fingerprint density at radius 1 is 1.38 bits per heavy atom. The zero-order chi connectivity index (χ0) is 21.2. The summed E-state index contributed by atoms with van der Waals surface area (Å²) in [7, 11) is 0. The highest BCUT2D eigenvalue weighted by Crippen LogP contribution is 2.41. The number of rotatable bonds is 7. The summed E-state index contributed by atoms with van der Waals surface area (Å²) in [4.78, 5) is 26.0. The molecule has 0 radical (unpaired) electrons. The highest BCUT2D eigenvalue weighted by molar-refractivity contribution is 6.30. The zero-order valence-corrected chi connectivity index (χ0v) is 17.4. The van der Waals surface area contributed by atoms with Crippen molar-refractivity contribution < 1.29 is 14.0 Å². The van der Waals surface area contributed by atoms with Gasteiger partial charge in [0.05, 0.1) is 19.2 Å². The highest BCUT2D eigenvalue weighted by Gasteiger charge is 2.40. The van der Waals surface area contributed by atoms with Gasteiger partial charge in [0.1, 0.15) is 12.2 Å². The van der Waals surface area contributed by atoms with Crippen LogP contribution in [0.15, 0.2) is 24.3 Å². The summed E-state index contributed by atoms with van der Waals surface area (Å²) >= 11 is 6.03. The molecule has 6 nitrogen and oxygen atoms in total. The maximum absolute atomic E-state index is 13.5. The predicted molar refractivity (Wildman–Crippen MR) is 108 cm³/mol. The van der Waals surface area contributed by atoms with Gasteiger partial charge < -0.3 is 15.5 Å². The van der Waals surface area contributed by atoms with E-state index in [0.717, 1.165) is 12.0 Å². The van der Waals surface area contributed by atoms with Crippen molar-refractivity contribution in [3.8, 4) is 6.07 Å². The Kier molecular flexibility index (Phi) is 6.45. The number of nitrogens with zero attached hydrogens (tertiary/aromatic N) is 2. The van der Waals surface area contributed by atoms with E-state index in [0.29, 0.717) is 5.02 Å². The molecule has 8 heteroatoms. The largest absolute Gasteiger partial charge is 0.353 e. The van der Waals surface area contributed by atoms with Crippen molar-refractivity contribution in [3.05, 3.63) is 34.9 Å². The van der Waals surface area contributed by atoms with E-state index in [-0.39, 0.29) is 49.7 Å². The average molecular weight is 421 g/mol. The number of carbonyl (C=O) groups is 2. The van der Waals surface area contributed by atoms with Gasteiger partial charge in [0.25, 0.3) is 0 Å². The lowest BCUT2D eigenvalue weighted by Gasteiger charge is -2.27. The van der Waals surface area contributed by atoms with E-state index in [1.807, 2.05) is 44.2 Å².